The van der Waals surface area contributed by atoms with E-state index in [2.05, 4.69) is 10.2 Å². The van der Waals surface area contributed by atoms with E-state index in [1.807, 2.05) is 18.2 Å². The van der Waals surface area contributed by atoms with Gasteiger partial charge in [-0.05, 0) is 30.3 Å². The minimum absolute atomic E-state index is 0.109. The number of hydrogen-bond acceptors (Lipinski definition) is 3. The van der Waals surface area contributed by atoms with Gasteiger partial charge in [0.05, 0.1) is 0 Å². The highest BCUT2D eigenvalue weighted by atomic mass is 35.5. The van der Waals surface area contributed by atoms with Crippen LogP contribution in [0.1, 0.15) is 6.42 Å². The molecule has 0 unspecified atom stereocenters. The number of carbonyl (C=O) groups is 2. The van der Waals surface area contributed by atoms with Crippen LogP contribution in [0, 0.1) is 11.6 Å². The molecule has 0 atom stereocenters. The van der Waals surface area contributed by atoms with Crippen molar-refractivity contribution in [2.45, 2.75) is 6.42 Å². The van der Waals surface area contributed by atoms with Crippen LogP contribution >= 0.6 is 11.6 Å². The molecule has 0 radical (unpaired) electrons. The van der Waals surface area contributed by atoms with Crippen molar-refractivity contribution in [2.75, 3.05) is 36.4 Å². The largest absolute Gasteiger partial charge is 0.368 e. The molecule has 0 aromatic heterocycles. The monoisotopic (exact) mass is 393 g/mol. The summed E-state index contributed by atoms with van der Waals surface area (Å²) < 4.78 is 26.1. The predicted molar refractivity (Wildman–Crippen MR) is 99.8 cm³/mol. The molecule has 0 aliphatic carbocycles. The first-order valence-corrected chi connectivity index (χ1v) is 8.83. The van der Waals surface area contributed by atoms with Crippen LogP contribution in [0.4, 0.5) is 20.2 Å². The number of amides is 2. The zero-order chi connectivity index (χ0) is 19.4. The van der Waals surface area contributed by atoms with E-state index in [1.165, 1.54) is 6.07 Å². The Morgan fingerprint density at radius 3 is 2.41 bits per heavy atom. The van der Waals surface area contributed by atoms with E-state index < -0.39 is 17.5 Å². The smallest absolute Gasteiger partial charge is 0.233 e. The minimum Gasteiger partial charge on any atom is -0.368 e. The molecule has 5 nitrogen and oxygen atoms in total. The third kappa shape index (κ3) is 4.95. The van der Waals surface area contributed by atoms with E-state index in [4.69, 9.17) is 11.6 Å². The lowest BCUT2D eigenvalue weighted by Crippen LogP contribution is -2.49. The Morgan fingerprint density at radius 2 is 1.74 bits per heavy atom. The van der Waals surface area contributed by atoms with Crippen LogP contribution in [0.25, 0.3) is 0 Å². The standard InChI is InChI=1S/C19H18ClF2N3O2/c20-13-2-1-3-15(10-13)24-6-8-25(9-7-24)19(27)12-18(26)23-14-4-5-16(21)17(22)11-14/h1-5,10-11H,6-9,12H2,(H,23,26). The second kappa shape index (κ2) is 8.35. The van der Waals surface area contributed by atoms with Crippen molar-refractivity contribution in [3.8, 4) is 0 Å². The number of carbonyl (C=O) groups excluding carboxylic acids is 2. The summed E-state index contributed by atoms with van der Waals surface area (Å²) in [6, 6.07) is 10.5. The molecule has 0 saturated carbocycles. The van der Waals surface area contributed by atoms with Gasteiger partial charge in [-0.1, -0.05) is 17.7 Å². The van der Waals surface area contributed by atoms with Crippen LogP contribution in [-0.4, -0.2) is 42.9 Å². The van der Waals surface area contributed by atoms with Crippen molar-refractivity contribution >= 4 is 34.8 Å². The van der Waals surface area contributed by atoms with Crippen molar-refractivity contribution in [1.82, 2.24) is 4.90 Å². The van der Waals surface area contributed by atoms with Crippen LogP contribution in [0.15, 0.2) is 42.5 Å². The normalized spacial score (nSPS) is 14.2. The van der Waals surface area contributed by atoms with Crippen molar-refractivity contribution in [3.63, 3.8) is 0 Å². The maximum Gasteiger partial charge on any atom is 0.233 e. The molecular weight excluding hydrogens is 376 g/mol. The topological polar surface area (TPSA) is 52.7 Å². The second-order valence-electron chi connectivity index (χ2n) is 6.20. The molecule has 1 heterocycles. The number of anilines is 2. The molecule has 142 valence electrons. The fourth-order valence-electron chi connectivity index (χ4n) is 2.92. The SMILES string of the molecule is O=C(CC(=O)N1CCN(c2cccc(Cl)c2)CC1)Nc1ccc(F)c(F)c1. The van der Waals surface area contributed by atoms with Gasteiger partial charge >= 0.3 is 0 Å². The van der Waals surface area contributed by atoms with Crippen molar-refractivity contribution < 1.29 is 18.4 Å². The summed E-state index contributed by atoms with van der Waals surface area (Å²) in [7, 11) is 0. The molecule has 2 aromatic rings. The molecule has 0 spiro atoms. The molecule has 1 fully saturated rings. The Balaban J connectivity index is 1.50. The number of rotatable bonds is 4. The molecular formula is C19H18ClF2N3O2. The first kappa shape index (κ1) is 19.1. The van der Waals surface area contributed by atoms with E-state index >= 15 is 0 Å². The summed E-state index contributed by atoms with van der Waals surface area (Å²) in [5.74, 6) is -2.93. The third-order valence-corrected chi connectivity index (χ3v) is 4.56. The summed E-state index contributed by atoms with van der Waals surface area (Å²) >= 11 is 6.01. The zero-order valence-electron chi connectivity index (χ0n) is 14.4. The van der Waals surface area contributed by atoms with Gasteiger partial charge in [-0.3, -0.25) is 9.59 Å². The summed E-state index contributed by atoms with van der Waals surface area (Å²) in [5, 5.41) is 3.06. The Bertz CT molecular complexity index is 855. The molecule has 1 aliphatic rings. The number of piperazine rings is 1. The van der Waals surface area contributed by atoms with Gasteiger partial charge in [-0.15, -0.1) is 0 Å². The molecule has 2 amide bonds. The van der Waals surface area contributed by atoms with Gasteiger partial charge in [-0.2, -0.15) is 0 Å². The average Bonchev–Trinajstić information content (AvgIpc) is 2.65. The minimum atomic E-state index is -1.06. The first-order chi connectivity index (χ1) is 12.9. The fourth-order valence-corrected chi connectivity index (χ4v) is 3.10. The number of nitrogens with zero attached hydrogens (tertiary/aromatic N) is 2. The quantitative estimate of drug-likeness (QED) is 0.811. The van der Waals surface area contributed by atoms with Gasteiger partial charge < -0.3 is 15.1 Å². The third-order valence-electron chi connectivity index (χ3n) is 4.32. The summed E-state index contributed by atoms with van der Waals surface area (Å²) in [6.45, 7) is 2.25. The van der Waals surface area contributed by atoms with Crippen LogP contribution in [-0.2, 0) is 9.59 Å². The molecule has 2 aromatic carbocycles. The van der Waals surface area contributed by atoms with E-state index in [0.29, 0.717) is 31.2 Å². The Hall–Kier alpha value is -2.67. The second-order valence-corrected chi connectivity index (χ2v) is 6.64. The fraction of sp³-hybridized carbons (Fsp3) is 0.263. The summed E-state index contributed by atoms with van der Waals surface area (Å²) in [5.41, 5.74) is 1.10. The first-order valence-electron chi connectivity index (χ1n) is 8.45. The zero-order valence-corrected chi connectivity index (χ0v) is 15.2. The van der Waals surface area contributed by atoms with Gasteiger partial charge in [-0.25, -0.2) is 8.78 Å². The number of benzene rings is 2. The molecule has 1 N–H and O–H groups in total. The van der Waals surface area contributed by atoms with Crippen molar-refractivity contribution in [3.05, 3.63) is 59.1 Å². The lowest BCUT2D eigenvalue weighted by molar-refractivity contribution is -0.134. The van der Waals surface area contributed by atoms with Crippen molar-refractivity contribution in [1.29, 1.82) is 0 Å². The Kier molecular flexibility index (Phi) is 5.91. The van der Waals surface area contributed by atoms with Crippen LogP contribution in [0.3, 0.4) is 0 Å². The Morgan fingerprint density at radius 1 is 1.00 bits per heavy atom. The van der Waals surface area contributed by atoms with E-state index in [9.17, 15) is 18.4 Å². The molecule has 1 saturated heterocycles. The summed E-state index contributed by atoms with van der Waals surface area (Å²) in [6.07, 6.45) is -0.351. The van der Waals surface area contributed by atoms with E-state index in [0.717, 1.165) is 17.8 Å². The summed E-state index contributed by atoms with van der Waals surface area (Å²) in [4.78, 5) is 28.0. The maximum absolute atomic E-state index is 13.2. The highest BCUT2D eigenvalue weighted by molar-refractivity contribution is 6.30. The van der Waals surface area contributed by atoms with E-state index in [-0.39, 0.29) is 18.0 Å². The van der Waals surface area contributed by atoms with Gasteiger partial charge in [0.1, 0.15) is 6.42 Å². The van der Waals surface area contributed by atoms with Crippen LogP contribution in [0.2, 0.25) is 5.02 Å². The average molecular weight is 394 g/mol. The van der Waals surface area contributed by atoms with Crippen LogP contribution in [0.5, 0.6) is 0 Å². The van der Waals surface area contributed by atoms with Gasteiger partial charge in [0.25, 0.3) is 0 Å². The molecule has 0 bridgehead atoms. The van der Waals surface area contributed by atoms with Gasteiger partial charge in [0.15, 0.2) is 11.6 Å². The highest BCUT2D eigenvalue weighted by Crippen LogP contribution is 2.21. The van der Waals surface area contributed by atoms with Gasteiger partial charge in [0.2, 0.25) is 11.8 Å². The lowest BCUT2D eigenvalue weighted by Gasteiger charge is -2.36. The molecule has 3 rings (SSSR count). The number of hydrogen-bond donors (Lipinski definition) is 1. The predicted octanol–water partition coefficient (Wildman–Crippen LogP) is 3.30. The van der Waals surface area contributed by atoms with Crippen LogP contribution < -0.4 is 10.2 Å². The Labute approximate surface area is 160 Å². The van der Waals surface area contributed by atoms with E-state index in [1.54, 1.807) is 11.0 Å². The maximum atomic E-state index is 13.2. The molecule has 1 aliphatic heterocycles. The highest BCUT2D eigenvalue weighted by Gasteiger charge is 2.23. The molecule has 27 heavy (non-hydrogen) atoms. The number of nitrogens with one attached hydrogen (secondary N) is 1. The molecule has 8 heteroatoms. The number of halogens is 3. The lowest BCUT2D eigenvalue weighted by atomic mass is 10.2. The van der Waals surface area contributed by atoms with Crippen molar-refractivity contribution in [2.24, 2.45) is 0 Å². The van der Waals surface area contributed by atoms with Gasteiger partial charge in [0, 0.05) is 48.6 Å².